The Hall–Kier alpha value is -3.36. The maximum absolute atomic E-state index is 13.4. The number of benzene rings is 1. The highest BCUT2D eigenvalue weighted by molar-refractivity contribution is 6.33. The first-order valence-corrected chi connectivity index (χ1v) is 10.8. The Bertz CT molecular complexity index is 1340. The van der Waals surface area contributed by atoms with E-state index in [1.807, 2.05) is 31.2 Å². The Balaban J connectivity index is 1.57. The molecule has 162 valence electrons. The fourth-order valence-electron chi connectivity index (χ4n) is 3.89. The molecular weight excluding hydrogens is 428 g/mol. The Morgan fingerprint density at radius 2 is 2.16 bits per heavy atom. The van der Waals surface area contributed by atoms with Crippen molar-refractivity contribution in [2.45, 2.75) is 25.9 Å². The third-order valence-electron chi connectivity index (χ3n) is 5.53. The zero-order chi connectivity index (χ0) is 22.1. The number of hydrogen-bond acceptors (Lipinski definition) is 7. The van der Waals surface area contributed by atoms with Gasteiger partial charge in [0.05, 0.1) is 18.3 Å². The van der Waals surface area contributed by atoms with Gasteiger partial charge in [-0.2, -0.15) is 15.2 Å². The molecule has 32 heavy (non-hydrogen) atoms. The summed E-state index contributed by atoms with van der Waals surface area (Å²) >= 11 is 6.60. The smallest absolute Gasteiger partial charge is 0.260 e. The maximum atomic E-state index is 13.4. The molecule has 4 heterocycles. The van der Waals surface area contributed by atoms with Crippen LogP contribution in [0.5, 0.6) is 0 Å². The summed E-state index contributed by atoms with van der Waals surface area (Å²) < 4.78 is 7.05. The fraction of sp³-hybridized carbons (Fsp3) is 0.261. The zero-order valence-electron chi connectivity index (χ0n) is 17.5. The van der Waals surface area contributed by atoms with Gasteiger partial charge in [0.25, 0.3) is 5.56 Å². The van der Waals surface area contributed by atoms with Crippen LogP contribution in [0.2, 0.25) is 5.02 Å². The summed E-state index contributed by atoms with van der Waals surface area (Å²) in [7, 11) is 0. The van der Waals surface area contributed by atoms with Crippen molar-refractivity contribution in [3.05, 3.63) is 64.2 Å². The van der Waals surface area contributed by atoms with Crippen LogP contribution in [0.3, 0.4) is 0 Å². The number of rotatable bonds is 5. The van der Waals surface area contributed by atoms with E-state index in [9.17, 15) is 4.79 Å². The van der Waals surface area contributed by atoms with Gasteiger partial charge in [0.1, 0.15) is 5.65 Å². The highest BCUT2D eigenvalue weighted by Crippen LogP contribution is 2.31. The van der Waals surface area contributed by atoms with Crippen LogP contribution in [0.15, 0.2) is 53.6 Å². The van der Waals surface area contributed by atoms with E-state index >= 15 is 0 Å². The van der Waals surface area contributed by atoms with Gasteiger partial charge in [-0.25, -0.2) is 4.98 Å². The Labute approximate surface area is 189 Å². The van der Waals surface area contributed by atoms with Gasteiger partial charge in [0.2, 0.25) is 5.95 Å². The second-order valence-electron chi connectivity index (χ2n) is 7.59. The molecule has 0 unspecified atom stereocenters. The predicted octanol–water partition coefficient (Wildman–Crippen LogP) is 3.79. The molecule has 0 spiro atoms. The number of nitrogens with one attached hydrogen (secondary N) is 1. The van der Waals surface area contributed by atoms with Crippen LogP contribution in [0.1, 0.15) is 13.3 Å². The number of hydrogen-bond donors (Lipinski definition) is 1. The topological polar surface area (TPSA) is 94.8 Å². The molecule has 3 aromatic heterocycles. The lowest BCUT2D eigenvalue weighted by Gasteiger charge is -2.14. The molecule has 9 heteroatoms. The summed E-state index contributed by atoms with van der Waals surface area (Å²) in [5, 5.41) is 12.5. The molecule has 1 aromatic carbocycles. The minimum Gasteiger partial charge on any atom is -0.379 e. The van der Waals surface area contributed by atoms with E-state index in [-0.39, 0.29) is 11.6 Å². The number of anilines is 1. The summed E-state index contributed by atoms with van der Waals surface area (Å²) in [6, 6.07) is 11.2. The summed E-state index contributed by atoms with van der Waals surface area (Å²) in [6.45, 7) is 3.75. The van der Waals surface area contributed by atoms with E-state index in [0.29, 0.717) is 46.6 Å². The van der Waals surface area contributed by atoms with E-state index < -0.39 is 0 Å². The van der Waals surface area contributed by atoms with Gasteiger partial charge in [-0.1, -0.05) is 23.7 Å². The van der Waals surface area contributed by atoms with E-state index in [0.717, 1.165) is 24.0 Å². The largest absolute Gasteiger partial charge is 0.379 e. The van der Waals surface area contributed by atoms with Gasteiger partial charge >= 0.3 is 0 Å². The normalized spacial score (nSPS) is 15.9. The third-order valence-corrected chi connectivity index (χ3v) is 5.85. The lowest BCUT2D eigenvalue weighted by Crippen LogP contribution is -2.24. The average molecular weight is 449 g/mol. The molecule has 1 atom stereocenters. The molecule has 0 bridgehead atoms. The SMILES string of the molecule is CCn1c(=O)c(-c2ccc(-c3cccnn3)cc2Cl)cc2cnc(N[C@@H]3CCOC3)nc21. The minimum atomic E-state index is -0.150. The number of nitrogens with zero attached hydrogens (tertiary/aromatic N) is 5. The van der Waals surface area contributed by atoms with Crippen molar-refractivity contribution in [3.63, 3.8) is 0 Å². The summed E-state index contributed by atoms with van der Waals surface area (Å²) in [4.78, 5) is 22.4. The van der Waals surface area contributed by atoms with Gasteiger partial charge in [0.15, 0.2) is 0 Å². The average Bonchev–Trinajstić information content (AvgIpc) is 3.33. The van der Waals surface area contributed by atoms with Gasteiger partial charge in [0, 0.05) is 52.6 Å². The van der Waals surface area contributed by atoms with Gasteiger partial charge in [-0.15, -0.1) is 0 Å². The Kier molecular flexibility index (Phi) is 5.55. The monoisotopic (exact) mass is 448 g/mol. The molecular formula is C23H21ClN6O2. The minimum absolute atomic E-state index is 0.150. The van der Waals surface area contributed by atoms with Crippen molar-refractivity contribution in [2.75, 3.05) is 18.5 Å². The quantitative estimate of drug-likeness (QED) is 0.496. The number of ether oxygens (including phenoxy) is 1. The molecule has 4 aromatic rings. The zero-order valence-corrected chi connectivity index (χ0v) is 18.2. The van der Waals surface area contributed by atoms with Crippen LogP contribution in [0.4, 0.5) is 5.95 Å². The molecule has 1 N–H and O–H groups in total. The number of aryl methyl sites for hydroxylation is 1. The molecule has 5 rings (SSSR count). The molecule has 1 saturated heterocycles. The van der Waals surface area contributed by atoms with E-state index in [1.165, 1.54) is 0 Å². The van der Waals surface area contributed by atoms with Crippen LogP contribution in [-0.2, 0) is 11.3 Å². The van der Waals surface area contributed by atoms with Crippen molar-refractivity contribution in [1.29, 1.82) is 0 Å². The van der Waals surface area contributed by atoms with Crippen molar-refractivity contribution in [3.8, 4) is 22.4 Å². The van der Waals surface area contributed by atoms with Crippen LogP contribution in [-0.4, -0.2) is 44.0 Å². The van der Waals surface area contributed by atoms with Gasteiger partial charge in [-0.3, -0.25) is 9.36 Å². The second kappa shape index (κ2) is 8.64. The third kappa shape index (κ3) is 3.83. The van der Waals surface area contributed by atoms with Crippen LogP contribution >= 0.6 is 11.6 Å². The molecule has 0 radical (unpaired) electrons. The first-order valence-electron chi connectivity index (χ1n) is 10.5. The molecule has 0 amide bonds. The molecule has 1 aliphatic rings. The molecule has 0 saturated carbocycles. The van der Waals surface area contributed by atoms with Crippen LogP contribution in [0, 0.1) is 0 Å². The maximum Gasteiger partial charge on any atom is 0.260 e. The standard InChI is InChI=1S/C23H21ClN6O2/c1-2-30-21-15(12-25-23(28-21)27-16-7-9-32-13-16)10-18(22(30)31)17-6-5-14(11-19(17)24)20-4-3-8-26-29-20/h3-6,8,10-12,16H,2,7,9,13H2,1H3,(H,25,27,28)/t16-/m1/s1. The summed E-state index contributed by atoms with van der Waals surface area (Å²) in [6.07, 6.45) is 4.26. The van der Waals surface area contributed by atoms with Crippen molar-refractivity contribution < 1.29 is 4.74 Å². The number of pyridine rings is 1. The van der Waals surface area contributed by atoms with Gasteiger partial charge in [-0.05, 0) is 37.6 Å². The highest BCUT2D eigenvalue weighted by Gasteiger charge is 2.18. The van der Waals surface area contributed by atoms with E-state index in [4.69, 9.17) is 16.3 Å². The van der Waals surface area contributed by atoms with Crippen molar-refractivity contribution in [1.82, 2.24) is 24.7 Å². The molecule has 8 nitrogen and oxygen atoms in total. The predicted molar refractivity (Wildman–Crippen MR) is 124 cm³/mol. The first kappa shape index (κ1) is 20.5. The summed E-state index contributed by atoms with van der Waals surface area (Å²) in [5.74, 6) is 0.494. The van der Waals surface area contributed by atoms with Gasteiger partial charge < -0.3 is 10.1 Å². The van der Waals surface area contributed by atoms with Crippen molar-refractivity contribution in [2.24, 2.45) is 0 Å². The Morgan fingerprint density at radius 1 is 1.25 bits per heavy atom. The molecule has 1 aliphatic heterocycles. The van der Waals surface area contributed by atoms with E-state index in [2.05, 4.69) is 25.5 Å². The van der Waals surface area contributed by atoms with E-state index in [1.54, 1.807) is 29.1 Å². The highest BCUT2D eigenvalue weighted by atomic mass is 35.5. The fourth-order valence-corrected chi connectivity index (χ4v) is 4.18. The van der Waals surface area contributed by atoms with Crippen molar-refractivity contribution >= 4 is 28.6 Å². The second-order valence-corrected chi connectivity index (χ2v) is 8.00. The first-order chi connectivity index (χ1) is 15.6. The van der Waals surface area contributed by atoms with Crippen LogP contribution in [0.25, 0.3) is 33.4 Å². The molecule has 1 fully saturated rings. The Morgan fingerprint density at radius 3 is 2.88 bits per heavy atom. The van der Waals surface area contributed by atoms with Crippen LogP contribution < -0.4 is 10.9 Å². The number of aromatic nitrogens is 5. The summed E-state index contributed by atoms with van der Waals surface area (Å²) in [5.41, 5.74) is 3.14. The number of fused-ring (bicyclic) bond motifs is 1. The lowest BCUT2D eigenvalue weighted by molar-refractivity contribution is 0.195. The number of halogens is 1. The molecule has 0 aliphatic carbocycles. The lowest BCUT2D eigenvalue weighted by atomic mass is 10.0.